The third kappa shape index (κ3) is 4.11. The number of ether oxygens (including phenoxy) is 1. The highest BCUT2D eigenvalue weighted by molar-refractivity contribution is 5.96. The number of fused-ring (bicyclic) bond motifs is 1. The first-order valence-electron chi connectivity index (χ1n) is 9.67. The van der Waals surface area contributed by atoms with Gasteiger partial charge in [0.1, 0.15) is 17.3 Å². The van der Waals surface area contributed by atoms with Gasteiger partial charge in [-0.25, -0.2) is 9.78 Å². The fraction of sp³-hybridized carbons (Fsp3) is 0.286. The van der Waals surface area contributed by atoms with E-state index in [4.69, 9.17) is 5.11 Å². The predicted molar refractivity (Wildman–Crippen MR) is 106 cm³/mol. The van der Waals surface area contributed by atoms with Gasteiger partial charge in [-0.05, 0) is 49.6 Å². The molecule has 1 aliphatic carbocycles. The van der Waals surface area contributed by atoms with E-state index < -0.39 is 29.6 Å². The molecule has 1 aliphatic rings. The highest BCUT2D eigenvalue weighted by Gasteiger charge is 2.40. The molecule has 1 saturated carbocycles. The molecule has 1 fully saturated rings. The molecule has 3 aromatic rings. The maximum absolute atomic E-state index is 12.7. The Kier molecular flexibility index (Phi) is 5.29. The second-order valence-electron chi connectivity index (χ2n) is 7.50. The standard InChI is InChI=1S/C21H18F3N3O5/c22-21(23,24)32-13-6-5-12-9-15(19(30)31)27(14(12)10-13)17-4-1-3-16(26-17)20(7-2-8-20)25-11-18(28)29/h1,3-6,9-10,25H,2,7-8,11H2,(H,28,29)(H,30,31). The number of carboxylic acids is 2. The molecule has 0 amide bonds. The third-order valence-electron chi connectivity index (χ3n) is 5.47. The van der Waals surface area contributed by atoms with Gasteiger partial charge in [0.15, 0.2) is 0 Å². The molecule has 168 valence electrons. The fourth-order valence-corrected chi connectivity index (χ4v) is 3.90. The van der Waals surface area contributed by atoms with E-state index in [0.717, 1.165) is 18.6 Å². The Morgan fingerprint density at radius 2 is 1.91 bits per heavy atom. The molecule has 0 atom stereocenters. The molecule has 0 unspecified atom stereocenters. The molecule has 0 spiro atoms. The lowest BCUT2D eigenvalue weighted by atomic mass is 9.74. The van der Waals surface area contributed by atoms with E-state index in [9.17, 15) is 27.9 Å². The average molecular weight is 449 g/mol. The van der Waals surface area contributed by atoms with Crippen molar-refractivity contribution >= 4 is 22.8 Å². The van der Waals surface area contributed by atoms with Gasteiger partial charge in [0.2, 0.25) is 0 Å². The van der Waals surface area contributed by atoms with Crippen LogP contribution in [0.5, 0.6) is 5.75 Å². The number of benzene rings is 1. The van der Waals surface area contributed by atoms with Gasteiger partial charge in [-0.3, -0.25) is 14.7 Å². The normalized spacial score (nSPS) is 15.3. The summed E-state index contributed by atoms with van der Waals surface area (Å²) in [5.74, 6) is -2.61. The number of hydrogen-bond acceptors (Lipinski definition) is 5. The molecular formula is C21H18F3N3O5. The molecule has 3 N–H and O–H groups in total. The molecule has 32 heavy (non-hydrogen) atoms. The summed E-state index contributed by atoms with van der Waals surface area (Å²) in [4.78, 5) is 27.5. The number of pyridine rings is 1. The van der Waals surface area contributed by atoms with E-state index in [1.165, 1.54) is 22.8 Å². The number of aromatic nitrogens is 2. The Bertz CT molecular complexity index is 1200. The van der Waals surface area contributed by atoms with Crippen LogP contribution < -0.4 is 10.1 Å². The summed E-state index contributed by atoms with van der Waals surface area (Å²) in [6.45, 7) is -0.267. The van der Waals surface area contributed by atoms with Gasteiger partial charge in [-0.2, -0.15) is 0 Å². The quantitative estimate of drug-likeness (QED) is 0.504. The molecule has 1 aromatic carbocycles. The largest absolute Gasteiger partial charge is 0.573 e. The first kappa shape index (κ1) is 21.6. The first-order chi connectivity index (χ1) is 15.1. The lowest BCUT2D eigenvalue weighted by molar-refractivity contribution is -0.274. The summed E-state index contributed by atoms with van der Waals surface area (Å²) in [7, 11) is 0. The highest BCUT2D eigenvalue weighted by atomic mass is 19.4. The van der Waals surface area contributed by atoms with Crippen LogP contribution >= 0.6 is 0 Å². The molecule has 2 aromatic heterocycles. The van der Waals surface area contributed by atoms with Crippen molar-refractivity contribution in [3.8, 4) is 11.6 Å². The van der Waals surface area contributed by atoms with Crippen LogP contribution in [-0.4, -0.2) is 44.6 Å². The molecule has 11 heteroatoms. The van der Waals surface area contributed by atoms with Gasteiger partial charge < -0.3 is 14.9 Å². The van der Waals surface area contributed by atoms with Crippen LogP contribution in [0.1, 0.15) is 35.4 Å². The third-order valence-corrected chi connectivity index (χ3v) is 5.47. The number of carboxylic acid groups (broad SMARTS) is 2. The number of aromatic carboxylic acids is 1. The van der Waals surface area contributed by atoms with Crippen molar-refractivity contribution < 1.29 is 37.7 Å². The van der Waals surface area contributed by atoms with Gasteiger partial charge >= 0.3 is 18.3 Å². The van der Waals surface area contributed by atoms with Crippen LogP contribution in [0.3, 0.4) is 0 Å². The smallest absolute Gasteiger partial charge is 0.480 e. The van der Waals surface area contributed by atoms with Crippen LogP contribution in [0.25, 0.3) is 16.7 Å². The molecule has 0 aliphatic heterocycles. The Balaban J connectivity index is 1.82. The zero-order chi connectivity index (χ0) is 23.1. The first-order valence-corrected chi connectivity index (χ1v) is 9.67. The van der Waals surface area contributed by atoms with Crippen LogP contribution in [0.2, 0.25) is 0 Å². The average Bonchev–Trinajstić information content (AvgIpc) is 3.05. The van der Waals surface area contributed by atoms with Crippen LogP contribution in [-0.2, 0) is 10.3 Å². The molecule has 0 saturated heterocycles. The van der Waals surface area contributed by atoms with E-state index >= 15 is 0 Å². The highest BCUT2D eigenvalue weighted by Crippen LogP contribution is 2.40. The Labute approximate surface area is 179 Å². The van der Waals surface area contributed by atoms with Gasteiger partial charge in [-0.15, -0.1) is 13.2 Å². The van der Waals surface area contributed by atoms with Gasteiger partial charge in [-0.1, -0.05) is 6.07 Å². The lowest BCUT2D eigenvalue weighted by Gasteiger charge is -2.42. The monoisotopic (exact) mass is 449 g/mol. The summed E-state index contributed by atoms with van der Waals surface area (Å²) >= 11 is 0. The summed E-state index contributed by atoms with van der Waals surface area (Å²) in [6, 6.07) is 9.78. The van der Waals surface area contributed by atoms with Crippen molar-refractivity contribution in [3.63, 3.8) is 0 Å². The molecule has 0 radical (unpaired) electrons. The second kappa shape index (κ2) is 7.83. The number of rotatable bonds is 7. The molecular weight excluding hydrogens is 431 g/mol. The van der Waals surface area contributed by atoms with Gasteiger partial charge in [0.25, 0.3) is 0 Å². The van der Waals surface area contributed by atoms with Crippen molar-refractivity contribution in [2.45, 2.75) is 31.2 Å². The zero-order valence-corrected chi connectivity index (χ0v) is 16.5. The number of halogens is 3. The second-order valence-corrected chi connectivity index (χ2v) is 7.50. The van der Waals surface area contributed by atoms with Crippen molar-refractivity contribution in [1.82, 2.24) is 14.9 Å². The lowest BCUT2D eigenvalue weighted by Crippen LogP contribution is -2.50. The summed E-state index contributed by atoms with van der Waals surface area (Å²) in [5, 5.41) is 22.1. The van der Waals surface area contributed by atoms with Crippen molar-refractivity contribution in [1.29, 1.82) is 0 Å². The number of nitrogens with one attached hydrogen (secondary N) is 1. The molecule has 2 heterocycles. The molecule has 4 rings (SSSR count). The van der Waals surface area contributed by atoms with E-state index in [-0.39, 0.29) is 23.6 Å². The minimum absolute atomic E-state index is 0.176. The minimum atomic E-state index is -4.90. The molecule has 0 bridgehead atoms. The van der Waals surface area contributed by atoms with Crippen molar-refractivity contribution in [2.24, 2.45) is 0 Å². The number of nitrogens with zero attached hydrogens (tertiary/aromatic N) is 2. The predicted octanol–water partition coefficient (Wildman–Crippen LogP) is 3.68. The van der Waals surface area contributed by atoms with E-state index in [1.807, 2.05) is 0 Å². The number of carbonyl (C=O) groups is 2. The minimum Gasteiger partial charge on any atom is -0.480 e. The van der Waals surface area contributed by atoms with Crippen molar-refractivity contribution in [2.75, 3.05) is 6.54 Å². The summed E-state index contributed by atoms with van der Waals surface area (Å²) in [6.07, 6.45) is -2.73. The van der Waals surface area contributed by atoms with E-state index in [1.54, 1.807) is 12.1 Å². The number of alkyl halides is 3. The zero-order valence-electron chi connectivity index (χ0n) is 16.5. The topological polar surface area (TPSA) is 114 Å². The van der Waals surface area contributed by atoms with Crippen LogP contribution in [0, 0.1) is 0 Å². The number of aliphatic carboxylic acids is 1. The van der Waals surface area contributed by atoms with Crippen LogP contribution in [0.4, 0.5) is 13.2 Å². The number of hydrogen-bond donors (Lipinski definition) is 3. The van der Waals surface area contributed by atoms with Gasteiger partial charge in [0.05, 0.1) is 23.3 Å². The maximum Gasteiger partial charge on any atom is 0.573 e. The van der Waals surface area contributed by atoms with Crippen molar-refractivity contribution in [3.05, 3.63) is 53.9 Å². The van der Waals surface area contributed by atoms with Gasteiger partial charge in [0, 0.05) is 11.5 Å². The Hall–Kier alpha value is -3.60. The van der Waals surface area contributed by atoms with E-state index in [2.05, 4.69) is 15.0 Å². The Morgan fingerprint density at radius 1 is 1.16 bits per heavy atom. The summed E-state index contributed by atoms with van der Waals surface area (Å²) in [5.41, 5.74) is -0.140. The SMILES string of the molecule is O=C(O)CNC1(c2cccc(-n3c(C(=O)O)cc4ccc(OC(F)(F)F)cc43)n2)CCC1. The van der Waals surface area contributed by atoms with E-state index in [0.29, 0.717) is 23.9 Å². The van der Waals surface area contributed by atoms with Crippen LogP contribution in [0.15, 0.2) is 42.5 Å². The molecule has 8 nitrogen and oxygen atoms in total. The summed E-state index contributed by atoms with van der Waals surface area (Å²) < 4.78 is 43.2. The maximum atomic E-state index is 12.7. The fourth-order valence-electron chi connectivity index (χ4n) is 3.90. The Morgan fingerprint density at radius 3 is 2.50 bits per heavy atom.